The predicted molar refractivity (Wildman–Crippen MR) is 52.2 cm³/mol. The van der Waals surface area contributed by atoms with Crippen molar-refractivity contribution in [1.82, 2.24) is 9.62 Å². The first-order valence-corrected chi connectivity index (χ1v) is 4.97. The third-order valence-corrected chi connectivity index (χ3v) is 2.16. The fourth-order valence-electron chi connectivity index (χ4n) is 0.845. The minimum absolute atomic E-state index is 0.162. The van der Waals surface area contributed by atoms with E-state index in [0.29, 0.717) is 19.2 Å². The van der Waals surface area contributed by atoms with Gasteiger partial charge in [0.2, 0.25) is 0 Å². The van der Waals surface area contributed by atoms with Crippen LogP contribution in [0.2, 0.25) is 0 Å². The average Bonchev–Trinajstić information content (AvgIpc) is 2.10. The minimum atomic E-state index is -0.162. The molecule has 0 aromatic heterocycles. The number of carbonyl (C=O) groups is 1. The Morgan fingerprint density at radius 3 is 2.92 bits per heavy atom. The molecular weight excluding hydrogens is 190 g/mol. The van der Waals surface area contributed by atoms with Crippen LogP contribution in [0.3, 0.4) is 0 Å². The summed E-state index contributed by atoms with van der Waals surface area (Å²) in [7, 11) is 0. The number of nitrogens with one attached hydrogen (secondary N) is 1. The molecule has 0 saturated carbocycles. The van der Waals surface area contributed by atoms with Gasteiger partial charge in [-0.25, -0.2) is 9.10 Å². The van der Waals surface area contributed by atoms with Crippen LogP contribution in [0.4, 0.5) is 4.79 Å². The third-order valence-electron chi connectivity index (χ3n) is 1.37. The Kier molecular flexibility index (Phi) is 3.88. The van der Waals surface area contributed by atoms with Crippen LogP contribution in [-0.2, 0) is 4.74 Å². The number of nitrogens with zero attached hydrogens (tertiary/aromatic N) is 2. The topological polar surface area (TPSA) is 53.9 Å². The summed E-state index contributed by atoms with van der Waals surface area (Å²) in [6.45, 7) is 5.06. The fourth-order valence-corrected chi connectivity index (χ4v) is 1.50. The first-order valence-electron chi connectivity index (χ1n) is 4.24. The fraction of sp³-hybridized carbons (Fsp3) is 0.714. The zero-order valence-corrected chi connectivity index (χ0v) is 8.56. The minimum Gasteiger partial charge on any atom is -0.465 e. The largest absolute Gasteiger partial charge is 0.465 e. The van der Waals surface area contributed by atoms with E-state index in [1.807, 2.05) is 13.8 Å². The van der Waals surface area contributed by atoms with Crippen molar-refractivity contribution >= 4 is 24.2 Å². The van der Waals surface area contributed by atoms with Crippen molar-refractivity contribution in [1.29, 1.82) is 0 Å². The lowest BCUT2D eigenvalue weighted by atomic mass is 10.5. The van der Waals surface area contributed by atoms with Crippen molar-refractivity contribution in [2.75, 3.05) is 13.2 Å². The van der Waals surface area contributed by atoms with E-state index in [4.69, 9.17) is 4.74 Å². The van der Waals surface area contributed by atoms with E-state index in [1.54, 1.807) is 4.31 Å². The number of amides is 2. The van der Waals surface area contributed by atoms with Gasteiger partial charge in [-0.05, 0) is 13.3 Å². The Morgan fingerprint density at radius 1 is 1.62 bits per heavy atom. The van der Waals surface area contributed by atoms with E-state index in [0.717, 1.165) is 18.6 Å². The van der Waals surface area contributed by atoms with Crippen molar-refractivity contribution in [3.05, 3.63) is 0 Å². The summed E-state index contributed by atoms with van der Waals surface area (Å²) in [6.07, 6.45) is 0.917. The zero-order chi connectivity index (χ0) is 9.68. The molecule has 0 aromatic rings. The molecule has 1 rings (SSSR count). The monoisotopic (exact) mass is 203 g/mol. The molecule has 0 aliphatic carbocycles. The lowest BCUT2D eigenvalue weighted by molar-refractivity contribution is 0.224. The first-order chi connectivity index (χ1) is 6.27. The molecule has 0 saturated heterocycles. The third kappa shape index (κ3) is 2.80. The Bertz CT molecular complexity index is 220. The molecule has 1 heterocycles. The normalized spacial score (nSPS) is 16.6. The highest BCUT2D eigenvalue weighted by Crippen LogP contribution is 2.16. The highest BCUT2D eigenvalue weighted by Gasteiger charge is 2.21. The standard InChI is InChI=1S/C7H13N3O2S/c1-3-5-10-7(11)8-6(9-13-10)12-4-2/h3-5H2,1-2H3,(H,8,9,11). The van der Waals surface area contributed by atoms with Gasteiger partial charge < -0.3 is 4.74 Å². The van der Waals surface area contributed by atoms with Gasteiger partial charge in [-0.15, -0.1) is 4.40 Å². The molecule has 1 aliphatic rings. The summed E-state index contributed by atoms with van der Waals surface area (Å²) in [4.78, 5) is 11.3. The smallest absolute Gasteiger partial charge is 0.336 e. The maximum Gasteiger partial charge on any atom is 0.336 e. The molecular formula is C7H13N3O2S. The molecule has 0 aromatic carbocycles. The van der Waals surface area contributed by atoms with Crippen LogP contribution >= 0.6 is 12.1 Å². The number of hydrogen-bond donors (Lipinski definition) is 1. The maximum atomic E-state index is 11.3. The molecule has 1 N–H and O–H groups in total. The number of urea groups is 1. The predicted octanol–water partition coefficient (Wildman–Crippen LogP) is 1.38. The lowest BCUT2D eigenvalue weighted by Gasteiger charge is -2.22. The van der Waals surface area contributed by atoms with Crippen molar-refractivity contribution < 1.29 is 9.53 Å². The van der Waals surface area contributed by atoms with E-state index in [2.05, 4.69) is 9.71 Å². The van der Waals surface area contributed by atoms with Crippen molar-refractivity contribution in [2.24, 2.45) is 4.40 Å². The highest BCUT2D eigenvalue weighted by molar-refractivity contribution is 7.96. The summed E-state index contributed by atoms with van der Waals surface area (Å²) >= 11 is 1.13. The Balaban J connectivity index is 2.47. The molecule has 2 amide bonds. The zero-order valence-electron chi connectivity index (χ0n) is 7.74. The SMILES string of the molecule is CCCN1SN=C(OCC)NC1=O. The molecule has 0 unspecified atom stereocenters. The number of amidine groups is 1. The van der Waals surface area contributed by atoms with Crippen LogP contribution in [0.25, 0.3) is 0 Å². The lowest BCUT2D eigenvalue weighted by Crippen LogP contribution is -2.43. The second kappa shape index (κ2) is 4.96. The van der Waals surface area contributed by atoms with E-state index >= 15 is 0 Å². The van der Waals surface area contributed by atoms with Gasteiger partial charge in [-0.3, -0.25) is 5.32 Å². The maximum absolute atomic E-state index is 11.3. The second-order valence-electron chi connectivity index (χ2n) is 2.44. The number of carbonyl (C=O) groups excluding carboxylic acids is 1. The molecule has 0 spiro atoms. The molecule has 0 atom stereocenters. The van der Waals surface area contributed by atoms with Gasteiger partial charge in [0.05, 0.1) is 6.61 Å². The first kappa shape index (κ1) is 10.2. The summed E-state index contributed by atoms with van der Waals surface area (Å²) in [5.74, 6) is 0. The van der Waals surface area contributed by atoms with Gasteiger partial charge in [0.15, 0.2) is 0 Å². The molecule has 5 nitrogen and oxygen atoms in total. The van der Waals surface area contributed by atoms with Crippen molar-refractivity contribution in [3.63, 3.8) is 0 Å². The van der Waals surface area contributed by atoms with Crippen molar-refractivity contribution in [3.8, 4) is 0 Å². The average molecular weight is 203 g/mol. The van der Waals surface area contributed by atoms with E-state index in [1.165, 1.54) is 0 Å². The molecule has 0 fully saturated rings. The van der Waals surface area contributed by atoms with Crippen LogP contribution in [0.15, 0.2) is 4.40 Å². The molecule has 1 aliphatic heterocycles. The van der Waals surface area contributed by atoms with Crippen LogP contribution in [0, 0.1) is 0 Å². The van der Waals surface area contributed by atoms with Gasteiger partial charge in [0.25, 0.3) is 0 Å². The Hall–Kier alpha value is -0.910. The highest BCUT2D eigenvalue weighted by atomic mass is 32.2. The Morgan fingerprint density at radius 2 is 2.38 bits per heavy atom. The van der Waals surface area contributed by atoms with Crippen LogP contribution < -0.4 is 5.32 Å². The quantitative estimate of drug-likeness (QED) is 0.705. The van der Waals surface area contributed by atoms with Gasteiger partial charge >= 0.3 is 12.1 Å². The molecule has 74 valence electrons. The van der Waals surface area contributed by atoms with Crippen LogP contribution in [0.5, 0.6) is 0 Å². The van der Waals surface area contributed by atoms with Gasteiger partial charge in [-0.1, -0.05) is 6.92 Å². The Labute approximate surface area is 81.8 Å². The summed E-state index contributed by atoms with van der Waals surface area (Å²) < 4.78 is 10.6. The van der Waals surface area contributed by atoms with Crippen molar-refractivity contribution in [2.45, 2.75) is 20.3 Å². The number of ether oxygens (including phenoxy) is 1. The molecule has 0 bridgehead atoms. The van der Waals surface area contributed by atoms with Gasteiger partial charge in [0.1, 0.15) is 12.1 Å². The van der Waals surface area contributed by atoms with Gasteiger partial charge in [0, 0.05) is 6.54 Å². The number of rotatable bonds is 3. The number of hydrogen-bond acceptors (Lipinski definition) is 4. The summed E-state index contributed by atoms with van der Waals surface area (Å²) in [6, 6.07) is 0.134. The summed E-state index contributed by atoms with van der Waals surface area (Å²) in [5, 5.41) is 2.55. The summed E-state index contributed by atoms with van der Waals surface area (Å²) in [5.41, 5.74) is 0. The molecule has 6 heteroatoms. The molecule has 13 heavy (non-hydrogen) atoms. The van der Waals surface area contributed by atoms with Gasteiger partial charge in [-0.2, -0.15) is 0 Å². The van der Waals surface area contributed by atoms with E-state index < -0.39 is 0 Å². The molecule has 0 radical (unpaired) electrons. The van der Waals surface area contributed by atoms with Crippen LogP contribution in [-0.4, -0.2) is 29.5 Å². The second-order valence-corrected chi connectivity index (χ2v) is 3.23. The van der Waals surface area contributed by atoms with E-state index in [9.17, 15) is 4.79 Å². The van der Waals surface area contributed by atoms with E-state index in [-0.39, 0.29) is 6.03 Å². The van der Waals surface area contributed by atoms with Crippen LogP contribution in [0.1, 0.15) is 20.3 Å².